The summed E-state index contributed by atoms with van der Waals surface area (Å²) in [7, 11) is 0. The van der Waals surface area contributed by atoms with E-state index in [1.165, 1.54) is 0 Å². The van der Waals surface area contributed by atoms with Crippen LogP contribution in [0.2, 0.25) is 0 Å². The number of hydrogen-bond acceptors (Lipinski definition) is 3. The zero-order valence-corrected chi connectivity index (χ0v) is 9.61. The molecule has 14 heavy (non-hydrogen) atoms. The zero-order valence-electron chi connectivity index (χ0n) is 8.02. The molecular weight excluding hydrogens is 246 g/mol. The molecule has 2 atom stereocenters. The monoisotopic (exact) mass is 259 g/mol. The Morgan fingerprint density at radius 2 is 2.21 bits per heavy atom. The summed E-state index contributed by atoms with van der Waals surface area (Å²) in [5.74, 6) is 0. The summed E-state index contributed by atoms with van der Waals surface area (Å²) in [6.07, 6.45) is 2.20. The van der Waals surface area contributed by atoms with Gasteiger partial charge >= 0.3 is 0 Å². The zero-order chi connectivity index (χ0) is 10.6. The van der Waals surface area contributed by atoms with E-state index in [-0.39, 0.29) is 0 Å². The van der Waals surface area contributed by atoms with Crippen LogP contribution >= 0.6 is 15.9 Å². The Morgan fingerprint density at radius 1 is 1.50 bits per heavy atom. The third-order valence-electron chi connectivity index (χ3n) is 2.17. The summed E-state index contributed by atoms with van der Waals surface area (Å²) in [5, 5.41) is 20.0. The lowest BCUT2D eigenvalue weighted by molar-refractivity contribution is 0.0168. The first-order chi connectivity index (χ1) is 6.66. The minimum absolute atomic E-state index is 0.523. The van der Waals surface area contributed by atoms with Gasteiger partial charge in [-0.25, -0.2) is 0 Å². The average molecular weight is 260 g/mol. The minimum Gasteiger partial charge on any atom is -0.390 e. The molecule has 1 heterocycles. The fraction of sp³-hybridized carbons (Fsp3) is 0.500. The average Bonchev–Trinajstić information content (AvgIpc) is 2.18. The van der Waals surface area contributed by atoms with Crippen LogP contribution < -0.4 is 0 Å². The van der Waals surface area contributed by atoms with Crippen LogP contribution in [0.4, 0.5) is 0 Å². The molecule has 0 aliphatic heterocycles. The van der Waals surface area contributed by atoms with Gasteiger partial charge < -0.3 is 10.2 Å². The van der Waals surface area contributed by atoms with Gasteiger partial charge in [-0.1, -0.05) is 15.9 Å². The molecule has 0 aliphatic carbocycles. The molecule has 1 aromatic heterocycles. The molecule has 0 saturated carbocycles. The lowest BCUT2D eigenvalue weighted by Gasteiger charge is -2.18. The molecule has 0 fully saturated rings. The van der Waals surface area contributed by atoms with Crippen LogP contribution in [-0.2, 0) is 0 Å². The maximum atomic E-state index is 9.79. The molecule has 0 radical (unpaired) electrons. The number of aryl methyl sites for hydroxylation is 1. The van der Waals surface area contributed by atoms with Crippen molar-refractivity contribution < 1.29 is 10.2 Å². The Bertz CT molecular complexity index is 293. The molecule has 0 amide bonds. The van der Waals surface area contributed by atoms with E-state index in [0.717, 1.165) is 5.56 Å². The highest BCUT2D eigenvalue weighted by molar-refractivity contribution is 9.09. The standard InChI is InChI=1S/C10H14BrNO2/c1-7-3-5-12-6-8(7)10(14)9(13)2-4-11/h3,5-6,9-10,13-14H,2,4H2,1H3. The summed E-state index contributed by atoms with van der Waals surface area (Å²) in [6.45, 7) is 1.89. The molecule has 1 aromatic rings. The van der Waals surface area contributed by atoms with Crippen LogP contribution in [0.5, 0.6) is 0 Å². The summed E-state index contributed by atoms with van der Waals surface area (Å²) >= 11 is 3.22. The van der Waals surface area contributed by atoms with Gasteiger partial charge in [0.1, 0.15) is 6.10 Å². The summed E-state index contributed by atoms with van der Waals surface area (Å²) < 4.78 is 0. The van der Waals surface area contributed by atoms with Crippen molar-refractivity contribution in [1.29, 1.82) is 0 Å². The Morgan fingerprint density at radius 3 is 2.79 bits per heavy atom. The van der Waals surface area contributed by atoms with Crippen LogP contribution in [-0.4, -0.2) is 26.6 Å². The molecule has 0 aromatic carbocycles. The third kappa shape index (κ3) is 2.77. The molecule has 0 aliphatic rings. The van der Waals surface area contributed by atoms with Crippen LogP contribution in [0.25, 0.3) is 0 Å². The van der Waals surface area contributed by atoms with E-state index >= 15 is 0 Å². The second kappa shape index (κ2) is 5.44. The Hall–Kier alpha value is -0.450. The van der Waals surface area contributed by atoms with Crippen molar-refractivity contribution in [1.82, 2.24) is 4.98 Å². The molecule has 2 N–H and O–H groups in total. The number of pyridine rings is 1. The maximum absolute atomic E-state index is 9.79. The normalized spacial score (nSPS) is 15.1. The quantitative estimate of drug-likeness (QED) is 0.808. The van der Waals surface area contributed by atoms with Crippen molar-refractivity contribution in [2.45, 2.75) is 25.6 Å². The van der Waals surface area contributed by atoms with Crippen molar-refractivity contribution in [2.75, 3.05) is 5.33 Å². The van der Waals surface area contributed by atoms with Crippen molar-refractivity contribution in [3.63, 3.8) is 0 Å². The Kier molecular flexibility index (Phi) is 4.51. The van der Waals surface area contributed by atoms with E-state index < -0.39 is 12.2 Å². The highest BCUT2D eigenvalue weighted by Gasteiger charge is 2.19. The number of aliphatic hydroxyl groups excluding tert-OH is 2. The SMILES string of the molecule is Cc1ccncc1C(O)C(O)CCBr. The van der Waals surface area contributed by atoms with Gasteiger partial charge in [0.25, 0.3) is 0 Å². The largest absolute Gasteiger partial charge is 0.390 e. The number of hydrogen-bond donors (Lipinski definition) is 2. The van der Waals surface area contributed by atoms with Crippen LogP contribution in [0.3, 0.4) is 0 Å². The van der Waals surface area contributed by atoms with E-state index in [0.29, 0.717) is 17.3 Å². The Balaban J connectivity index is 2.78. The molecule has 78 valence electrons. The molecule has 2 unspecified atom stereocenters. The predicted molar refractivity (Wildman–Crippen MR) is 58.4 cm³/mol. The van der Waals surface area contributed by atoms with E-state index in [2.05, 4.69) is 20.9 Å². The second-order valence-corrected chi connectivity index (χ2v) is 4.02. The van der Waals surface area contributed by atoms with Crippen LogP contribution in [0, 0.1) is 6.92 Å². The number of rotatable bonds is 4. The molecular formula is C10H14BrNO2. The van der Waals surface area contributed by atoms with Crippen molar-refractivity contribution >= 4 is 15.9 Å². The molecule has 0 bridgehead atoms. The topological polar surface area (TPSA) is 53.4 Å². The summed E-state index contributed by atoms with van der Waals surface area (Å²) in [4.78, 5) is 3.93. The fourth-order valence-corrected chi connectivity index (χ4v) is 1.73. The maximum Gasteiger partial charge on any atom is 0.107 e. The summed E-state index contributed by atoms with van der Waals surface area (Å²) in [5.41, 5.74) is 1.64. The van der Waals surface area contributed by atoms with E-state index in [1.54, 1.807) is 12.4 Å². The first kappa shape index (κ1) is 11.6. The second-order valence-electron chi connectivity index (χ2n) is 3.22. The van der Waals surface area contributed by atoms with E-state index in [4.69, 9.17) is 0 Å². The first-order valence-electron chi connectivity index (χ1n) is 4.49. The number of aromatic nitrogens is 1. The van der Waals surface area contributed by atoms with Crippen molar-refractivity contribution in [2.24, 2.45) is 0 Å². The minimum atomic E-state index is -0.846. The predicted octanol–water partition coefficient (Wildman–Crippen LogP) is 1.57. The number of aliphatic hydroxyl groups is 2. The number of alkyl halides is 1. The smallest absolute Gasteiger partial charge is 0.107 e. The van der Waals surface area contributed by atoms with Gasteiger partial charge in [-0.2, -0.15) is 0 Å². The van der Waals surface area contributed by atoms with Gasteiger partial charge in [0.2, 0.25) is 0 Å². The third-order valence-corrected chi connectivity index (χ3v) is 2.63. The van der Waals surface area contributed by atoms with Crippen LogP contribution in [0.1, 0.15) is 23.7 Å². The molecule has 0 spiro atoms. The number of nitrogens with zero attached hydrogens (tertiary/aromatic N) is 1. The lowest BCUT2D eigenvalue weighted by Crippen LogP contribution is -2.19. The first-order valence-corrected chi connectivity index (χ1v) is 5.61. The molecule has 0 saturated heterocycles. The van der Waals surface area contributed by atoms with Crippen LogP contribution in [0.15, 0.2) is 18.5 Å². The van der Waals surface area contributed by atoms with Gasteiger partial charge in [0, 0.05) is 23.3 Å². The number of halogens is 1. The lowest BCUT2D eigenvalue weighted by atomic mass is 10.0. The highest BCUT2D eigenvalue weighted by Crippen LogP contribution is 2.21. The van der Waals surface area contributed by atoms with Crippen molar-refractivity contribution in [3.05, 3.63) is 29.6 Å². The molecule has 1 rings (SSSR count). The van der Waals surface area contributed by atoms with Gasteiger partial charge in [0.05, 0.1) is 6.10 Å². The Labute approximate surface area is 91.9 Å². The molecule has 3 nitrogen and oxygen atoms in total. The van der Waals surface area contributed by atoms with Gasteiger partial charge in [-0.15, -0.1) is 0 Å². The van der Waals surface area contributed by atoms with Crippen molar-refractivity contribution in [3.8, 4) is 0 Å². The molecule has 4 heteroatoms. The van der Waals surface area contributed by atoms with E-state index in [9.17, 15) is 10.2 Å². The van der Waals surface area contributed by atoms with Gasteiger partial charge in [-0.05, 0) is 25.0 Å². The highest BCUT2D eigenvalue weighted by atomic mass is 79.9. The fourth-order valence-electron chi connectivity index (χ4n) is 1.26. The van der Waals surface area contributed by atoms with Gasteiger partial charge in [0.15, 0.2) is 0 Å². The van der Waals surface area contributed by atoms with E-state index in [1.807, 2.05) is 13.0 Å². The van der Waals surface area contributed by atoms with Gasteiger partial charge in [-0.3, -0.25) is 4.98 Å². The summed E-state index contributed by atoms with van der Waals surface area (Å²) in [6, 6.07) is 1.82.